The molecule has 1 rings (SSSR count). The largest absolute Gasteiger partial charge is 0.544 e. The predicted octanol–water partition coefficient (Wildman–Crippen LogP) is 6.00. The third kappa shape index (κ3) is 5.88. The van der Waals surface area contributed by atoms with Gasteiger partial charge in [0.2, 0.25) is 8.32 Å². The van der Waals surface area contributed by atoms with Crippen LogP contribution in [0.2, 0.25) is 18.1 Å². The van der Waals surface area contributed by atoms with Gasteiger partial charge < -0.3 is 9.16 Å². The van der Waals surface area contributed by atoms with E-state index in [0.29, 0.717) is 6.61 Å². The minimum atomic E-state index is -1.84. The molecule has 142 valence electrons. The molecule has 25 heavy (non-hydrogen) atoms. The Hall–Kier alpha value is -1.29. The number of esters is 1. The summed E-state index contributed by atoms with van der Waals surface area (Å²) in [4.78, 5) is 12.1. The fraction of sp³-hybridized carbons (Fsp3) is 0.667. The van der Waals surface area contributed by atoms with E-state index in [1.54, 1.807) is 0 Å². The quantitative estimate of drug-likeness (QED) is 0.329. The van der Waals surface area contributed by atoms with Crippen LogP contribution >= 0.6 is 0 Å². The lowest BCUT2D eigenvalue weighted by Crippen LogP contribution is -2.40. The summed E-state index contributed by atoms with van der Waals surface area (Å²) in [5.41, 5.74) is -0.705. The summed E-state index contributed by atoms with van der Waals surface area (Å²) in [6.45, 7) is 21.1. The Morgan fingerprint density at radius 3 is 2.28 bits per heavy atom. The number of ether oxygens (including phenoxy) is 1. The van der Waals surface area contributed by atoms with Gasteiger partial charge in [-0.1, -0.05) is 32.9 Å². The average molecular weight is 365 g/mol. The average Bonchev–Trinajstić information content (AvgIpc) is 2.45. The third-order valence-corrected chi connectivity index (χ3v) is 9.50. The molecular formula is C21H36O3Si. The summed E-state index contributed by atoms with van der Waals surface area (Å²) in [5, 5.41) is 0.166. The van der Waals surface area contributed by atoms with Crippen LogP contribution in [0.3, 0.4) is 0 Å². The first kappa shape index (κ1) is 21.7. The van der Waals surface area contributed by atoms with Gasteiger partial charge in [-0.3, -0.25) is 4.79 Å². The number of rotatable bonds is 6. The van der Waals surface area contributed by atoms with Crippen molar-refractivity contribution in [1.29, 1.82) is 0 Å². The van der Waals surface area contributed by atoms with Crippen molar-refractivity contribution in [2.24, 2.45) is 10.8 Å². The summed E-state index contributed by atoms with van der Waals surface area (Å²) in [7, 11) is -1.84. The molecule has 1 unspecified atom stereocenters. The van der Waals surface area contributed by atoms with E-state index >= 15 is 0 Å². The summed E-state index contributed by atoms with van der Waals surface area (Å²) in [6, 6.07) is 0. The van der Waals surface area contributed by atoms with E-state index in [2.05, 4.69) is 52.6 Å². The second-order valence-corrected chi connectivity index (χ2v) is 14.4. The highest BCUT2D eigenvalue weighted by molar-refractivity contribution is 6.74. The fourth-order valence-corrected chi connectivity index (χ4v) is 3.30. The standard InChI is InChI=1S/C21H36O3Si/c1-10-13-21(16-23-18(22)19(2,3)4)14-11-17(12-15-21)24-25(8,9)20(5,6)7/h10-12,14H,1,13,15-16H2,2-9H3. The molecule has 1 atom stereocenters. The zero-order chi connectivity index (χ0) is 19.5. The van der Waals surface area contributed by atoms with Crippen molar-refractivity contribution in [1.82, 2.24) is 0 Å². The van der Waals surface area contributed by atoms with Gasteiger partial charge in [0.15, 0.2) is 0 Å². The van der Waals surface area contributed by atoms with Crippen LogP contribution in [0.4, 0.5) is 0 Å². The van der Waals surface area contributed by atoms with Crippen LogP contribution in [-0.2, 0) is 14.0 Å². The lowest BCUT2D eigenvalue weighted by atomic mass is 9.79. The minimum Gasteiger partial charge on any atom is -0.544 e. The molecular weight excluding hydrogens is 328 g/mol. The van der Waals surface area contributed by atoms with E-state index in [1.165, 1.54) is 0 Å². The van der Waals surface area contributed by atoms with Crippen LogP contribution in [0.1, 0.15) is 54.4 Å². The number of carbonyl (C=O) groups excluding carboxylic acids is 1. The van der Waals surface area contributed by atoms with Gasteiger partial charge in [0.25, 0.3) is 0 Å². The zero-order valence-corrected chi connectivity index (χ0v) is 18.4. The van der Waals surface area contributed by atoms with Gasteiger partial charge in [-0.15, -0.1) is 6.58 Å². The van der Waals surface area contributed by atoms with Crippen LogP contribution < -0.4 is 0 Å². The van der Waals surface area contributed by atoms with Gasteiger partial charge in [0.05, 0.1) is 11.2 Å². The van der Waals surface area contributed by atoms with Crippen LogP contribution in [0.5, 0.6) is 0 Å². The molecule has 0 bridgehead atoms. The van der Waals surface area contributed by atoms with Crippen molar-refractivity contribution < 1.29 is 14.0 Å². The van der Waals surface area contributed by atoms with Crippen molar-refractivity contribution in [2.45, 2.75) is 72.5 Å². The van der Waals surface area contributed by atoms with E-state index < -0.39 is 13.7 Å². The highest BCUT2D eigenvalue weighted by Crippen LogP contribution is 2.40. The van der Waals surface area contributed by atoms with Crippen molar-refractivity contribution in [3.63, 3.8) is 0 Å². The smallest absolute Gasteiger partial charge is 0.311 e. The fourth-order valence-electron chi connectivity index (χ4n) is 2.25. The lowest BCUT2D eigenvalue weighted by molar-refractivity contribution is -0.155. The zero-order valence-electron chi connectivity index (χ0n) is 17.4. The maximum atomic E-state index is 12.1. The van der Waals surface area contributed by atoms with Gasteiger partial charge in [0.1, 0.15) is 6.61 Å². The molecule has 4 heteroatoms. The van der Waals surface area contributed by atoms with Crippen LogP contribution in [0.25, 0.3) is 0 Å². The summed E-state index contributed by atoms with van der Waals surface area (Å²) in [6.07, 6.45) is 9.75. The molecule has 0 aromatic carbocycles. The van der Waals surface area contributed by atoms with Crippen molar-refractivity contribution >= 4 is 14.3 Å². The Labute approximate surface area is 155 Å². The Morgan fingerprint density at radius 1 is 1.28 bits per heavy atom. The molecule has 0 N–H and O–H groups in total. The third-order valence-electron chi connectivity index (χ3n) is 5.14. The molecule has 0 aliphatic heterocycles. The van der Waals surface area contributed by atoms with Crippen molar-refractivity contribution in [3.8, 4) is 0 Å². The first-order valence-corrected chi connectivity index (χ1v) is 12.0. The van der Waals surface area contributed by atoms with Gasteiger partial charge >= 0.3 is 5.97 Å². The van der Waals surface area contributed by atoms with Crippen molar-refractivity contribution in [2.75, 3.05) is 6.61 Å². The van der Waals surface area contributed by atoms with E-state index in [1.807, 2.05) is 32.9 Å². The Morgan fingerprint density at radius 2 is 1.88 bits per heavy atom. The first-order chi connectivity index (χ1) is 11.2. The molecule has 0 saturated carbocycles. The molecule has 1 aliphatic carbocycles. The first-order valence-electron chi connectivity index (χ1n) is 9.09. The number of carbonyl (C=O) groups is 1. The Bertz CT molecular complexity index is 559. The topological polar surface area (TPSA) is 35.5 Å². The van der Waals surface area contributed by atoms with Crippen molar-refractivity contribution in [3.05, 3.63) is 36.6 Å². The molecule has 0 radical (unpaired) electrons. The van der Waals surface area contributed by atoms with E-state index in [9.17, 15) is 4.79 Å². The Kier molecular flexibility index (Phi) is 6.55. The van der Waals surface area contributed by atoms with Gasteiger partial charge in [-0.05, 0) is 63.9 Å². The highest BCUT2D eigenvalue weighted by atomic mass is 28.4. The predicted molar refractivity (Wildman–Crippen MR) is 108 cm³/mol. The number of hydrogen-bond donors (Lipinski definition) is 0. The maximum absolute atomic E-state index is 12.1. The molecule has 1 aliphatic rings. The van der Waals surface area contributed by atoms with E-state index in [-0.39, 0.29) is 16.4 Å². The highest BCUT2D eigenvalue weighted by Gasteiger charge is 2.40. The maximum Gasteiger partial charge on any atom is 0.311 e. The van der Waals surface area contributed by atoms with Crippen LogP contribution in [0, 0.1) is 10.8 Å². The summed E-state index contributed by atoms with van der Waals surface area (Å²) in [5.74, 6) is 0.769. The van der Waals surface area contributed by atoms with Crippen LogP contribution in [-0.4, -0.2) is 20.9 Å². The van der Waals surface area contributed by atoms with E-state index in [0.717, 1.165) is 18.6 Å². The minimum absolute atomic E-state index is 0.166. The van der Waals surface area contributed by atoms with Gasteiger partial charge in [-0.2, -0.15) is 0 Å². The number of allylic oxidation sites excluding steroid dienone is 3. The molecule has 0 saturated heterocycles. The van der Waals surface area contributed by atoms with E-state index in [4.69, 9.17) is 9.16 Å². The molecule has 0 spiro atoms. The second-order valence-electron chi connectivity index (χ2n) is 9.69. The molecule has 0 aromatic rings. The second kappa shape index (κ2) is 7.53. The molecule has 0 aromatic heterocycles. The van der Waals surface area contributed by atoms with Gasteiger partial charge in [-0.25, -0.2) is 0 Å². The lowest BCUT2D eigenvalue weighted by Gasteiger charge is -2.38. The normalized spacial score (nSPS) is 21.5. The SMILES string of the molecule is C=CCC1(COC(=O)C(C)(C)C)C=CC(O[Si](C)(C)C(C)(C)C)=CC1. The van der Waals surface area contributed by atoms with Gasteiger partial charge in [0, 0.05) is 5.41 Å². The number of hydrogen-bond acceptors (Lipinski definition) is 3. The van der Waals surface area contributed by atoms with Crippen LogP contribution in [0.15, 0.2) is 36.6 Å². The molecule has 0 fully saturated rings. The Balaban J connectivity index is 2.82. The molecule has 0 heterocycles. The molecule has 0 amide bonds. The summed E-state index contributed by atoms with van der Waals surface area (Å²) < 4.78 is 12.0. The monoisotopic (exact) mass is 364 g/mol. The summed E-state index contributed by atoms with van der Waals surface area (Å²) >= 11 is 0. The molecule has 3 nitrogen and oxygen atoms in total.